The summed E-state index contributed by atoms with van der Waals surface area (Å²) in [5.41, 5.74) is 3.74. The van der Waals surface area contributed by atoms with Crippen molar-refractivity contribution >= 4 is 17.5 Å². The van der Waals surface area contributed by atoms with Gasteiger partial charge in [-0.05, 0) is 37.8 Å². The second-order valence-corrected chi connectivity index (χ2v) is 5.10. The number of hydrogen-bond donors (Lipinski definition) is 1. The van der Waals surface area contributed by atoms with Gasteiger partial charge >= 0.3 is 0 Å². The Morgan fingerprint density at radius 1 is 1.00 bits per heavy atom. The Kier molecular flexibility index (Phi) is 5.69. The van der Waals surface area contributed by atoms with E-state index < -0.39 is 0 Å². The number of anilines is 3. The molecular weight excluding hydrogens is 274 g/mol. The van der Waals surface area contributed by atoms with Crippen molar-refractivity contribution in [3.05, 3.63) is 35.5 Å². The third-order valence-corrected chi connectivity index (χ3v) is 3.85. The van der Waals surface area contributed by atoms with E-state index in [9.17, 15) is 0 Å². The van der Waals surface area contributed by atoms with E-state index in [-0.39, 0.29) is 0 Å². The Balaban J connectivity index is 2.33. The molecule has 0 saturated carbocycles. The lowest BCUT2D eigenvalue weighted by molar-refractivity contribution is 0.796. The zero-order valence-electron chi connectivity index (χ0n) is 13.9. The highest BCUT2D eigenvalue weighted by Gasteiger charge is 2.10. The first-order valence-corrected chi connectivity index (χ1v) is 8.05. The highest BCUT2D eigenvalue weighted by atomic mass is 15.3. The number of benzene rings is 1. The van der Waals surface area contributed by atoms with E-state index in [0.29, 0.717) is 5.95 Å². The maximum Gasteiger partial charge on any atom is 0.247 e. The van der Waals surface area contributed by atoms with Crippen LogP contribution in [0.15, 0.2) is 24.4 Å². The Morgan fingerprint density at radius 2 is 1.64 bits per heavy atom. The first-order chi connectivity index (χ1) is 10.7. The minimum absolute atomic E-state index is 0.669. The van der Waals surface area contributed by atoms with Crippen molar-refractivity contribution in [1.82, 2.24) is 15.2 Å². The molecule has 1 aromatic heterocycles. The van der Waals surface area contributed by atoms with Gasteiger partial charge in [-0.3, -0.25) is 0 Å². The standard InChI is InChI=1S/C17H25N5/c1-5-13-10-9-11-14(6-2)16(13)19-15-12-18-21-17(20-15)22(7-3)8-4/h9-12H,5-8H2,1-4H3,(H,19,20,21). The van der Waals surface area contributed by atoms with Gasteiger partial charge in [-0.1, -0.05) is 32.0 Å². The topological polar surface area (TPSA) is 53.9 Å². The highest BCUT2D eigenvalue weighted by molar-refractivity contribution is 5.65. The predicted octanol–water partition coefficient (Wildman–Crippen LogP) is 3.59. The summed E-state index contributed by atoms with van der Waals surface area (Å²) in [5, 5.41) is 11.7. The molecule has 0 aliphatic rings. The van der Waals surface area contributed by atoms with Gasteiger partial charge in [-0.15, -0.1) is 5.10 Å². The van der Waals surface area contributed by atoms with Gasteiger partial charge in [0.2, 0.25) is 5.95 Å². The van der Waals surface area contributed by atoms with Crippen molar-refractivity contribution in [2.75, 3.05) is 23.3 Å². The van der Waals surface area contributed by atoms with Gasteiger partial charge in [0.15, 0.2) is 5.82 Å². The van der Waals surface area contributed by atoms with Crippen molar-refractivity contribution in [2.45, 2.75) is 40.5 Å². The number of aromatic nitrogens is 3. The van der Waals surface area contributed by atoms with Crippen LogP contribution in [0.2, 0.25) is 0 Å². The molecule has 2 aromatic rings. The van der Waals surface area contributed by atoms with Crippen LogP contribution in [0, 0.1) is 0 Å². The molecule has 118 valence electrons. The zero-order valence-corrected chi connectivity index (χ0v) is 13.9. The van der Waals surface area contributed by atoms with Crippen LogP contribution in [0.5, 0.6) is 0 Å². The third-order valence-electron chi connectivity index (χ3n) is 3.85. The number of aryl methyl sites for hydroxylation is 2. The number of para-hydroxylation sites is 1. The van der Waals surface area contributed by atoms with Gasteiger partial charge in [0.05, 0.1) is 6.20 Å². The zero-order chi connectivity index (χ0) is 15.9. The third kappa shape index (κ3) is 3.53. The van der Waals surface area contributed by atoms with Gasteiger partial charge in [0.25, 0.3) is 0 Å². The van der Waals surface area contributed by atoms with Crippen LogP contribution >= 0.6 is 0 Å². The highest BCUT2D eigenvalue weighted by Crippen LogP contribution is 2.25. The van der Waals surface area contributed by atoms with E-state index >= 15 is 0 Å². The molecule has 0 fully saturated rings. The fourth-order valence-electron chi connectivity index (χ4n) is 2.53. The van der Waals surface area contributed by atoms with Gasteiger partial charge in [0, 0.05) is 18.8 Å². The minimum atomic E-state index is 0.669. The van der Waals surface area contributed by atoms with Crippen LogP contribution < -0.4 is 10.2 Å². The average Bonchev–Trinajstić information content (AvgIpc) is 2.56. The van der Waals surface area contributed by atoms with Crippen molar-refractivity contribution in [3.8, 4) is 0 Å². The van der Waals surface area contributed by atoms with E-state index in [1.807, 2.05) is 0 Å². The van der Waals surface area contributed by atoms with Crippen molar-refractivity contribution < 1.29 is 0 Å². The molecule has 1 heterocycles. The van der Waals surface area contributed by atoms with Crippen LogP contribution in [0.1, 0.15) is 38.8 Å². The number of hydrogen-bond acceptors (Lipinski definition) is 5. The maximum atomic E-state index is 4.60. The molecule has 0 radical (unpaired) electrons. The molecule has 0 aliphatic heterocycles. The molecule has 2 rings (SSSR count). The number of nitrogens with one attached hydrogen (secondary N) is 1. The molecule has 0 aliphatic carbocycles. The van der Waals surface area contributed by atoms with Crippen molar-refractivity contribution in [2.24, 2.45) is 0 Å². The molecule has 22 heavy (non-hydrogen) atoms. The summed E-state index contributed by atoms with van der Waals surface area (Å²) in [6.45, 7) is 10.3. The molecule has 0 spiro atoms. The largest absolute Gasteiger partial charge is 0.340 e. The van der Waals surface area contributed by atoms with E-state index in [0.717, 1.165) is 37.4 Å². The summed E-state index contributed by atoms with van der Waals surface area (Å²) in [6, 6.07) is 6.42. The van der Waals surface area contributed by atoms with Crippen molar-refractivity contribution in [1.29, 1.82) is 0 Å². The van der Waals surface area contributed by atoms with Crippen LogP contribution in [0.3, 0.4) is 0 Å². The first-order valence-electron chi connectivity index (χ1n) is 8.05. The van der Waals surface area contributed by atoms with Gasteiger partial charge in [-0.2, -0.15) is 10.1 Å². The first kappa shape index (κ1) is 16.2. The van der Waals surface area contributed by atoms with Crippen LogP contribution in [-0.4, -0.2) is 28.3 Å². The summed E-state index contributed by atoms with van der Waals surface area (Å²) in [7, 11) is 0. The SMILES string of the molecule is CCc1cccc(CC)c1Nc1cnnc(N(CC)CC)n1. The Labute approximate surface area is 132 Å². The molecule has 5 nitrogen and oxygen atoms in total. The summed E-state index contributed by atoms with van der Waals surface area (Å²) >= 11 is 0. The summed E-state index contributed by atoms with van der Waals surface area (Å²) < 4.78 is 0. The van der Waals surface area contributed by atoms with Gasteiger partial charge in [-0.25, -0.2) is 0 Å². The van der Waals surface area contributed by atoms with Crippen LogP contribution in [0.4, 0.5) is 17.5 Å². The van der Waals surface area contributed by atoms with E-state index in [2.05, 4.69) is 71.3 Å². The van der Waals surface area contributed by atoms with Gasteiger partial charge in [0.1, 0.15) is 0 Å². The Hall–Kier alpha value is -2.17. The molecule has 0 bridgehead atoms. The molecule has 5 heteroatoms. The number of rotatable bonds is 7. The van der Waals surface area contributed by atoms with Crippen LogP contribution in [-0.2, 0) is 12.8 Å². The second-order valence-electron chi connectivity index (χ2n) is 5.10. The minimum Gasteiger partial charge on any atom is -0.340 e. The quantitative estimate of drug-likeness (QED) is 0.846. The average molecular weight is 299 g/mol. The lowest BCUT2D eigenvalue weighted by Gasteiger charge is -2.19. The molecule has 0 saturated heterocycles. The number of nitrogens with zero attached hydrogens (tertiary/aromatic N) is 4. The fraction of sp³-hybridized carbons (Fsp3) is 0.471. The summed E-state index contributed by atoms with van der Waals surface area (Å²) in [5.74, 6) is 1.41. The van der Waals surface area contributed by atoms with Gasteiger partial charge < -0.3 is 10.2 Å². The summed E-state index contributed by atoms with van der Waals surface area (Å²) in [4.78, 5) is 6.69. The van der Waals surface area contributed by atoms with E-state index in [1.165, 1.54) is 11.1 Å². The Bertz CT molecular complexity index is 585. The van der Waals surface area contributed by atoms with E-state index in [1.54, 1.807) is 6.20 Å². The maximum absolute atomic E-state index is 4.60. The molecular formula is C17H25N5. The van der Waals surface area contributed by atoms with Crippen LogP contribution in [0.25, 0.3) is 0 Å². The lowest BCUT2D eigenvalue weighted by atomic mass is 10.0. The smallest absolute Gasteiger partial charge is 0.247 e. The predicted molar refractivity (Wildman–Crippen MR) is 91.9 cm³/mol. The van der Waals surface area contributed by atoms with Crippen molar-refractivity contribution in [3.63, 3.8) is 0 Å². The fourth-order valence-corrected chi connectivity index (χ4v) is 2.53. The second kappa shape index (κ2) is 7.73. The van der Waals surface area contributed by atoms with E-state index in [4.69, 9.17) is 0 Å². The lowest BCUT2D eigenvalue weighted by Crippen LogP contribution is -2.24. The molecule has 1 aromatic carbocycles. The summed E-state index contributed by atoms with van der Waals surface area (Å²) in [6.07, 6.45) is 3.65. The monoisotopic (exact) mass is 299 g/mol. The molecule has 1 N–H and O–H groups in total. The normalized spacial score (nSPS) is 10.5. The molecule has 0 amide bonds. The molecule has 0 unspecified atom stereocenters. The molecule has 0 atom stereocenters. The Morgan fingerprint density at radius 3 is 2.18 bits per heavy atom.